The van der Waals surface area contributed by atoms with Crippen LogP contribution in [0.4, 0.5) is 0 Å². The lowest BCUT2D eigenvalue weighted by atomic mass is 9.93. The first kappa shape index (κ1) is 28.3. The Kier molecular flexibility index (Phi) is 8.64. The molecule has 2 aromatic carbocycles. The summed E-state index contributed by atoms with van der Waals surface area (Å²) in [4.78, 5) is 22.1. The zero-order valence-electron chi connectivity index (χ0n) is 21.8. The number of fused-ring (bicyclic) bond motifs is 2. The van der Waals surface area contributed by atoms with E-state index in [1.165, 1.54) is 0 Å². The van der Waals surface area contributed by atoms with E-state index in [9.17, 15) is 4.79 Å². The molecule has 2 bridgehead atoms. The fourth-order valence-electron chi connectivity index (χ4n) is 5.63. The molecule has 40 heavy (non-hydrogen) atoms. The van der Waals surface area contributed by atoms with Crippen LogP contribution in [-0.4, -0.2) is 40.5 Å². The number of halogens is 4. The van der Waals surface area contributed by atoms with Gasteiger partial charge in [-0.15, -0.1) is 11.3 Å². The van der Waals surface area contributed by atoms with Crippen LogP contribution >= 0.6 is 57.7 Å². The lowest BCUT2D eigenvalue weighted by Gasteiger charge is -2.31. The number of aromatic nitrogens is 1. The molecule has 0 spiro atoms. The van der Waals surface area contributed by atoms with Crippen LogP contribution in [0.5, 0.6) is 5.75 Å². The maximum atomic E-state index is 14.3. The second kappa shape index (κ2) is 12.2. The zero-order valence-corrected chi connectivity index (χ0v) is 25.6. The van der Waals surface area contributed by atoms with Gasteiger partial charge in [0.05, 0.1) is 36.6 Å². The highest BCUT2D eigenvalue weighted by atomic mass is 35.5. The highest BCUT2D eigenvalue weighted by Gasteiger charge is 2.42. The van der Waals surface area contributed by atoms with E-state index >= 15 is 0 Å². The van der Waals surface area contributed by atoms with Crippen LogP contribution in [0.3, 0.4) is 0 Å². The molecule has 3 heterocycles. The number of amides is 1. The number of thiazole rings is 1. The lowest BCUT2D eigenvalue weighted by Crippen LogP contribution is -2.44. The lowest BCUT2D eigenvalue weighted by molar-refractivity contribution is -0.128. The minimum atomic E-state index is 0.0663. The normalized spacial score (nSPS) is 20.2. The van der Waals surface area contributed by atoms with Crippen molar-refractivity contribution < 1.29 is 9.53 Å². The van der Waals surface area contributed by atoms with Crippen molar-refractivity contribution in [3.8, 4) is 5.75 Å². The van der Waals surface area contributed by atoms with Crippen molar-refractivity contribution in [1.82, 2.24) is 15.2 Å². The van der Waals surface area contributed by atoms with Gasteiger partial charge in [0.1, 0.15) is 0 Å². The molecule has 2 aliphatic heterocycles. The molecule has 1 N–H and O–H groups in total. The summed E-state index contributed by atoms with van der Waals surface area (Å²) in [5, 5.41) is 6.76. The minimum Gasteiger partial charge on any atom is -0.490 e. The Hall–Kier alpha value is -1.80. The molecule has 6 rings (SSSR count). The topological polar surface area (TPSA) is 54.5 Å². The van der Waals surface area contributed by atoms with Crippen LogP contribution in [0.1, 0.15) is 54.0 Å². The molecule has 1 aromatic heterocycles. The molecule has 2 atom stereocenters. The van der Waals surface area contributed by atoms with Gasteiger partial charge < -0.3 is 15.0 Å². The van der Waals surface area contributed by atoms with E-state index in [4.69, 9.17) is 56.1 Å². The first-order valence-electron chi connectivity index (χ1n) is 13.6. The van der Waals surface area contributed by atoms with Gasteiger partial charge in [0.15, 0.2) is 5.75 Å². The third-order valence-electron chi connectivity index (χ3n) is 7.77. The van der Waals surface area contributed by atoms with E-state index in [1.807, 2.05) is 23.2 Å². The summed E-state index contributed by atoms with van der Waals surface area (Å²) in [6.45, 7) is 0.945. The largest absolute Gasteiger partial charge is 0.490 e. The molecule has 10 heteroatoms. The highest BCUT2D eigenvalue weighted by molar-refractivity contribution is 7.12. The van der Waals surface area contributed by atoms with Crippen LogP contribution in [0.15, 0.2) is 48.2 Å². The number of benzene rings is 2. The van der Waals surface area contributed by atoms with Gasteiger partial charge in [-0.25, -0.2) is 4.98 Å². The molecule has 1 saturated carbocycles. The maximum absolute atomic E-state index is 14.3. The van der Waals surface area contributed by atoms with Crippen LogP contribution in [-0.2, 0) is 17.8 Å². The molecule has 210 valence electrons. The molecule has 2 fully saturated rings. The number of nitrogens with zero attached hydrogens (tertiary/aromatic N) is 2. The number of carbonyl (C=O) groups excluding carboxylic acids is 1. The second-order valence-electron chi connectivity index (χ2n) is 10.6. The van der Waals surface area contributed by atoms with Gasteiger partial charge in [0, 0.05) is 42.9 Å². The summed E-state index contributed by atoms with van der Waals surface area (Å²) in [7, 11) is 0. The van der Waals surface area contributed by atoms with Crippen molar-refractivity contribution in [3.05, 3.63) is 83.7 Å². The van der Waals surface area contributed by atoms with E-state index in [0.717, 1.165) is 71.5 Å². The molecular weight excluding hydrogens is 608 g/mol. The van der Waals surface area contributed by atoms with Gasteiger partial charge >= 0.3 is 0 Å². The molecule has 1 saturated heterocycles. The molecular formula is C30H29Cl4N3O2S. The van der Waals surface area contributed by atoms with E-state index in [1.54, 1.807) is 35.6 Å². The number of ether oxygens (including phenoxy) is 1. The summed E-state index contributed by atoms with van der Waals surface area (Å²) in [5.41, 5.74) is 2.91. The number of carbonyl (C=O) groups is 1. The fraction of sp³-hybridized carbons (Fsp3) is 0.400. The van der Waals surface area contributed by atoms with Crippen molar-refractivity contribution in [2.24, 2.45) is 0 Å². The maximum Gasteiger partial charge on any atom is 0.252 e. The number of rotatable bonds is 10. The fourth-order valence-corrected chi connectivity index (χ4v) is 7.54. The number of hydrogen-bond acceptors (Lipinski definition) is 5. The predicted molar refractivity (Wildman–Crippen MR) is 164 cm³/mol. The molecule has 0 radical (unpaired) electrons. The van der Waals surface area contributed by atoms with Crippen molar-refractivity contribution in [2.45, 2.75) is 69.6 Å². The third kappa shape index (κ3) is 6.04. The van der Waals surface area contributed by atoms with Gasteiger partial charge in [-0.05, 0) is 67.9 Å². The van der Waals surface area contributed by atoms with Crippen molar-refractivity contribution >= 4 is 69.2 Å². The minimum absolute atomic E-state index is 0.0663. The average molecular weight is 637 g/mol. The Morgan fingerprint density at radius 1 is 1.02 bits per heavy atom. The SMILES string of the molecule is O=C(C1=C(c2cnc(CCCOc3c(Cl)cccc3Cl)s2)C[C@@H]2CC[C@H]1N2)N(Cc1cccc(Cl)c1Cl)C1CC1. The predicted octanol–water partition coefficient (Wildman–Crippen LogP) is 8.24. The van der Waals surface area contributed by atoms with Crippen molar-refractivity contribution in [3.63, 3.8) is 0 Å². The van der Waals surface area contributed by atoms with E-state index in [2.05, 4.69) is 5.32 Å². The monoisotopic (exact) mass is 635 g/mol. The standard InChI is InChI=1S/C30H29Cl4N3O2S/c31-21-5-1-4-17(28(21)34)16-37(19-10-11-19)30(38)27-20(14-18-9-12-24(27)36-18)25-15-35-26(40-25)8-3-13-39-29-22(32)6-2-7-23(29)33/h1-2,4-7,15,18-19,24,36H,3,8-14,16H2/t18-,24+/m0/s1. The van der Waals surface area contributed by atoms with Crippen LogP contribution in [0, 0.1) is 0 Å². The summed E-state index contributed by atoms with van der Waals surface area (Å²) in [6, 6.07) is 11.6. The van der Waals surface area contributed by atoms with Gasteiger partial charge in [0.2, 0.25) is 0 Å². The molecule has 3 aliphatic rings. The Morgan fingerprint density at radius 3 is 2.55 bits per heavy atom. The molecule has 1 amide bonds. The van der Waals surface area contributed by atoms with Crippen molar-refractivity contribution in [1.29, 1.82) is 0 Å². The highest BCUT2D eigenvalue weighted by Crippen LogP contribution is 2.42. The average Bonchev–Trinajstić information content (AvgIpc) is 3.55. The Morgan fingerprint density at radius 2 is 1.77 bits per heavy atom. The summed E-state index contributed by atoms with van der Waals surface area (Å²) in [5.74, 6) is 0.620. The Bertz CT molecular complexity index is 1430. The van der Waals surface area contributed by atoms with Gasteiger partial charge in [-0.3, -0.25) is 4.79 Å². The Labute approximate surface area is 258 Å². The third-order valence-corrected chi connectivity index (χ3v) is 10.3. The van der Waals surface area contributed by atoms with Gasteiger partial charge in [-0.1, -0.05) is 64.6 Å². The van der Waals surface area contributed by atoms with Gasteiger partial charge in [0.25, 0.3) is 5.91 Å². The summed E-state index contributed by atoms with van der Waals surface area (Å²) < 4.78 is 5.84. The Balaban J connectivity index is 1.20. The molecule has 0 unspecified atom stereocenters. The van der Waals surface area contributed by atoms with Gasteiger partial charge in [-0.2, -0.15) is 0 Å². The summed E-state index contributed by atoms with van der Waals surface area (Å²) in [6.07, 6.45) is 8.40. The quantitative estimate of drug-likeness (QED) is 0.228. The van der Waals surface area contributed by atoms with E-state index in [-0.39, 0.29) is 18.0 Å². The smallest absolute Gasteiger partial charge is 0.252 e. The number of aryl methyl sites for hydroxylation is 1. The number of nitrogens with one attached hydrogen (secondary N) is 1. The second-order valence-corrected chi connectivity index (χ2v) is 13.3. The molecule has 5 nitrogen and oxygen atoms in total. The number of hydrogen-bond donors (Lipinski definition) is 1. The first-order chi connectivity index (χ1) is 19.4. The molecule has 1 aliphatic carbocycles. The van der Waals surface area contributed by atoms with Crippen LogP contribution in [0.25, 0.3) is 5.57 Å². The van der Waals surface area contributed by atoms with Crippen molar-refractivity contribution in [2.75, 3.05) is 6.61 Å². The van der Waals surface area contributed by atoms with E-state index < -0.39 is 0 Å². The zero-order chi connectivity index (χ0) is 27.8. The van der Waals surface area contributed by atoms with Crippen LogP contribution in [0.2, 0.25) is 20.1 Å². The van der Waals surface area contributed by atoms with E-state index in [0.29, 0.717) is 45.0 Å². The van der Waals surface area contributed by atoms with Crippen LogP contribution < -0.4 is 10.1 Å². The number of para-hydroxylation sites is 1. The molecule has 3 aromatic rings. The first-order valence-corrected chi connectivity index (χ1v) is 16.0. The summed E-state index contributed by atoms with van der Waals surface area (Å²) >= 11 is 26.9.